The zero-order valence-electron chi connectivity index (χ0n) is 15.2. The van der Waals surface area contributed by atoms with E-state index in [1.165, 1.54) is 30.3 Å². The second kappa shape index (κ2) is 9.58. The smallest absolute Gasteiger partial charge is 0.264 e. The molecular formula is C20H14BrCl3N2O3S. The van der Waals surface area contributed by atoms with Gasteiger partial charge in [-0.1, -0.05) is 40.9 Å². The third kappa shape index (κ3) is 5.47. The molecule has 0 saturated carbocycles. The number of rotatable bonds is 6. The fourth-order valence-electron chi connectivity index (χ4n) is 2.58. The lowest BCUT2D eigenvalue weighted by molar-refractivity contribution is -0.114. The Hall–Kier alpha value is -1.77. The molecule has 156 valence electrons. The van der Waals surface area contributed by atoms with E-state index in [0.717, 1.165) is 4.31 Å². The van der Waals surface area contributed by atoms with Crippen molar-refractivity contribution in [2.45, 2.75) is 4.90 Å². The Morgan fingerprint density at radius 2 is 1.63 bits per heavy atom. The summed E-state index contributed by atoms with van der Waals surface area (Å²) in [4.78, 5) is 12.7. The number of anilines is 2. The van der Waals surface area contributed by atoms with Crippen LogP contribution in [0.2, 0.25) is 15.1 Å². The molecule has 0 fully saturated rings. The number of nitrogens with zero attached hydrogens (tertiary/aromatic N) is 1. The topological polar surface area (TPSA) is 66.5 Å². The van der Waals surface area contributed by atoms with E-state index in [9.17, 15) is 13.2 Å². The Bertz CT molecular complexity index is 1190. The molecule has 0 heterocycles. The third-order valence-electron chi connectivity index (χ3n) is 3.99. The average molecular weight is 549 g/mol. The maximum atomic E-state index is 13.3. The summed E-state index contributed by atoms with van der Waals surface area (Å²) in [6.07, 6.45) is 0. The van der Waals surface area contributed by atoms with E-state index in [1.807, 2.05) is 0 Å². The molecule has 0 unspecified atom stereocenters. The molecule has 10 heteroatoms. The van der Waals surface area contributed by atoms with Gasteiger partial charge in [-0.3, -0.25) is 9.10 Å². The van der Waals surface area contributed by atoms with Gasteiger partial charge in [-0.2, -0.15) is 0 Å². The molecule has 0 spiro atoms. The lowest BCUT2D eigenvalue weighted by atomic mass is 10.3. The van der Waals surface area contributed by atoms with Crippen LogP contribution in [-0.4, -0.2) is 20.9 Å². The number of carbonyl (C=O) groups excluding carboxylic acids is 1. The van der Waals surface area contributed by atoms with Crippen LogP contribution in [0.25, 0.3) is 0 Å². The lowest BCUT2D eigenvalue weighted by Gasteiger charge is -2.24. The van der Waals surface area contributed by atoms with E-state index in [4.69, 9.17) is 34.8 Å². The van der Waals surface area contributed by atoms with Gasteiger partial charge in [0.25, 0.3) is 10.0 Å². The van der Waals surface area contributed by atoms with Crippen LogP contribution in [-0.2, 0) is 14.8 Å². The largest absolute Gasteiger partial charge is 0.324 e. The Morgan fingerprint density at radius 3 is 2.27 bits per heavy atom. The maximum Gasteiger partial charge on any atom is 0.264 e. The van der Waals surface area contributed by atoms with Crippen LogP contribution in [0.3, 0.4) is 0 Å². The molecule has 0 aromatic heterocycles. The van der Waals surface area contributed by atoms with Crippen molar-refractivity contribution >= 4 is 78.0 Å². The molecule has 3 rings (SSSR count). The van der Waals surface area contributed by atoms with Crippen molar-refractivity contribution in [3.05, 3.63) is 86.3 Å². The van der Waals surface area contributed by atoms with Gasteiger partial charge in [0.05, 0.1) is 15.6 Å². The Morgan fingerprint density at radius 1 is 0.933 bits per heavy atom. The molecule has 0 bridgehead atoms. The summed E-state index contributed by atoms with van der Waals surface area (Å²) in [6, 6.07) is 16.8. The lowest BCUT2D eigenvalue weighted by Crippen LogP contribution is -2.38. The number of benzene rings is 3. The van der Waals surface area contributed by atoms with Gasteiger partial charge < -0.3 is 5.32 Å². The Balaban J connectivity index is 1.94. The molecule has 3 aromatic carbocycles. The fraction of sp³-hybridized carbons (Fsp3) is 0.0500. The maximum absolute atomic E-state index is 13.3. The van der Waals surface area contributed by atoms with Crippen molar-refractivity contribution in [3.8, 4) is 0 Å². The summed E-state index contributed by atoms with van der Waals surface area (Å²) >= 11 is 21.2. The highest BCUT2D eigenvalue weighted by atomic mass is 79.9. The van der Waals surface area contributed by atoms with Gasteiger partial charge in [0.1, 0.15) is 6.54 Å². The molecule has 30 heavy (non-hydrogen) atoms. The summed E-state index contributed by atoms with van der Waals surface area (Å²) in [5.41, 5.74) is 0.685. The number of halogens is 4. The van der Waals surface area contributed by atoms with Crippen molar-refractivity contribution in [2.24, 2.45) is 0 Å². The van der Waals surface area contributed by atoms with E-state index < -0.39 is 22.5 Å². The number of hydrogen-bond acceptors (Lipinski definition) is 3. The molecule has 1 N–H and O–H groups in total. The fourth-order valence-corrected chi connectivity index (χ4v) is 4.74. The van der Waals surface area contributed by atoms with Gasteiger partial charge >= 0.3 is 0 Å². The zero-order valence-corrected chi connectivity index (χ0v) is 19.8. The van der Waals surface area contributed by atoms with Crippen LogP contribution in [0.5, 0.6) is 0 Å². The van der Waals surface area contributed by atoms with Crippen molar-refractivity contribution in [3.63, 3.8) is 0 Å². The summed E-state index contributed by atoms with van der Waals surface area (Å²) in [5, 5.41) is 3.80. The SMILES string of the molecule is O=C(CN(c1cccc(Cl)c1)S(=O)(=O)c1ccc(Cl)cc1)Nc1ccc(Br)c(Cl)c1. The van der Waals surface area contributed by atoms with Crippen LogP contribution in [0, 0.1) is 0 Å². The summed E-state index contributed by atoms with van der Waals surface area (Å²) < 4.78 is 28.2. The first-order valence-corrected chi connectivity index (χ1v) is 11.8. The van der Waals surface area contributed by atoms with Crippen LogP contribution in [0.1, 0.15) is 0 Å². The first-order chi connectivity index (χ1) is 14.2. The molecule has 3 aromatic rings. The van der Waals surface area contributed by atoms with Gasteiger partial charge in [0, 0.05) is 20.2 Å². The van der Waals surface area contributed by atoms with Crippen molar-refractivity contribution in [1.29, 1.82) is 0 Å². The van der Waals surface area contributed by atoms with Crippen molar-refractivity contribution in [1.82, 2.24) is 0 Å². The number of carbonyl (C=O) groups is 1. The monoisotopic (exact) mass is 546 g/mol. The molecule has 0 radical (unpaired) electrons. The van der Waals surface area contributed by atoms with E-state index in [1.54, 1.807) is 36.4 Å². The highest BCUT2D eigenvalue weighted by molar-refractivity contribution is 9.10. The predicted octanol–water partition coefficient (Wildman–Crippen LogP) is 6.24. The molecule has 1 amide bonds. The number of hydrogen-bond donors (Lipinski definition) is 1. The van der Waals surface area contributed by atoms with Crippen molar-refractivity contribution < 1.29 is 13.2 Å². The predicted molar refractivity (Wildman–Crippen MR) is 125 cm³/mol. The van der Waals surface area contributed by atoms with Crippen molar-refractivity contribution in [2.75, 3.05) is 16.2 Å². The van der Waals surface area contributed by atoms with E-state index in [2.05, 4.69) is 21.2 Å². The summed E-state index contributed by atoms with van der Waals surface area (Å²) in [5.74, 6) is -0.550. The zero-order chi connectivity index (χ0) is 21.9. The van der Waals surface area contributed by atoms with Gasteiger partial charge in [0.15, 0.2) is 0 Å². The van der Waals surface area contributed by atoms with E-state index in [0.29, 0.717) is 25.2 Å². The number of nitrogens with one attached hydrogen (secondary N) is 1. The quantitative estimate of drug-likeness (QED) is 0.396. The Labute approximate surface area is 197 Å². The van der Waals surface area contributed by atoms with Crippen LogP contribution >= 0.6 is 50.7 Å². The molecule has 0 atom stereocenters. The number of amides is 1. The minimum atomic E-state index is -4.07. The molecule has 0 saturated heterocycles. The number of sulfonamides is 1. The first kappa shape index (κ1) is 22.9. The molecule has 0 aliphatic carbocycles. The molecule has 0 aliphatic heterocycles. The van der Waals surface area contributed by atoms with Gasteiger partial charge in [-0.25, -0.2) is 8.42 Å². The highest BCUT2D eigenvalue weighted by Gasteiger charge is 2.27. The highest BCUT2D eigenvalue weighted by Crippen LogP contribution is 2.28. The van der Waals surface area contributed by atoms with Crippen LogP contribution in [0.4, 0.5) is 11.4 Å². The second-order valence-electron chi connectivity index (χ2n) is 6.12. The Kier molecular flexibility index (Phi) is 7.31. The first-order valence-electron chi connectivity index (χ1n) is 8.45. The summed E-state index contributed by atoms with van der Waals surface area (Å²) in [6.45, 7) is -0.473. The minimum Gasteiger partial charge on any atom is -0.324 e. The van der Waals surface area contributed by atoms with Crippen LogP contribution < -0.4 is 9.62 Å². The molecular weight excluding hydrogens is 535 g/mol. The van der Waals surface area contributed by atoms with Gasteiger partial charge in [-0.15, -0.1) is 0 Å². The van der Waals surface area contributed by atoms with E-state index in [-0.39, 0.29) is 10.6 Å². The van der Waals surface area contributed by atoms with Crippen LogP contribution in [0.15, 0.2) is 76.1 Å². The third-order valence-corrected chi connectivity index (χ3v) is 7.50. The summed E-state index contributed by atoms with van der Waals surface area (Å²) in [7, 11) is -4.07. The van der Waals surface area contributed by atoms with Gasteiger partial charge in [-0.05, 0) is 76.6 Å². The minimum absolute atomic E-state index is 0.00800. The second-order valence-corrected chi connectivity index (χ2v) is 10.1. The molecule has 5 nitrogen and oxygen atoms in total. The normalized spacial score (nSPS) is 11.2. The van der Waals surface area contributed by atoms with E-state index >= 15 is 0 Å². The standard InChI is InChI=1S/C20H14BrCl3N2O3S/c21-18-9-6-15(11-19(18)24)25-20(27)12-26(16-3-1-2-14(23)10-16)30(28,29)17-7-4-13(22)5-8-17/h1-11H,12H2,(H,25,27). The van der Waals surface area contributed by atoms with Gasteiger partial charge in [0.2, 0.25) is 5.91 Å². The molecule has 0 aliphatic rings. The average Bonchev–Trinajstić information content (AvgIpc) is 2.69.